The van der Waals surface area contributed by atoms with Crippen LogP contribution in [0.4, 0.5) is 11.4 Å². The van der Waals surface area contributed by atoms with Crippen LogP contribution in [0.1, 0.15) is 34.5 Å². The monoisotopic (exact) mass is 284 g/mol. The molecule has 0 saturated carbocycles. The number of methoxy groups -OCH3 is 1. The molecule has 0 saturated heterocycles. The lowest BCUT2D eigenvalue weighted by Gasteiger charge is -2.19. The molecule has 1 unspecified atom stereocenters. The van der Waals surface area contributed by atoms with E-state index in [0.717, 1.165) is 5.69 Å². The molecule has 2 rings (SSSR count). The fraction of sp³-hybridized carbons (Fsp3) is 0.235. The van der Waals surface area contributed by atoms with E-state index < -0.39 is 5.97 Å². The average Bonchev–Trinajstić information content (AvgIpc) is 2.49. The van der Waals surface area contributed by atoms with Crippen molar-refractivity contribution < 1.29 is 9.53 Å². The number of benzene rings is 2. The van der Waals surface area contributed by atoms with Crippen LogP contribution >= 0.6 is 0 Å². The minimum atomic E-state index is -0.431. The molecule has 2 aromatic rings. The lowest BCUT2D eigenvalue weighted by Crippen LogP contribution is -2.12. The first kappa shape index (κ1) is 14.9. The fourth-order valence-corrected chi connectivity index (χ4v) is 2.36. The molecule has 0 aliphatic rings. The maximum atomic E-state index is 11.7. The molecular formula is C17H20N2O2. The number of carbonyl (C=O) groups is 1. The molecule has 0 fully saturated rings. The van der Waals surface area contributed by atoms with Crippen LogP contribution in [-0.4, -0.2) is 13.1 Å². The van der Waals surface area contributed by atoms with Gasteiger partial charge in [-0.05, 0) is 37.1 Å². The maximum absolute atomic E-state index is 11.7. The van der Waals surface area contributed by atoms with Crippen molar-refractivity contribution in [2.45, 2.75) is 19.9 Å². The average molecular weight is 284 g/mol. The SMILES string of the molecule is COC(=O)c1cccc(NC(C)c2ccccc2C)c1N. The second kappa shape index (κ2) is 6.31. The highest BCUT2D eigenvalue weighted by Gasteiger charge is 2.15. The molecule has 0 aliphatic heterocycles. The number of nitrogen functional groups attached to an aromatic ring is 1. The van der Waals surface area contributed by atoms with E-state index in [1.54, 1.807) is 12.1 Å². The Kier molecular flexibility index (Phi) is 4.48. The highest BCUT2D eigenvalue weighted by molar-refractivity contribution is 5.98. The Labute approximate surface area is 124 Å². The Balaban J connectivity index is 2.28. The van der Waals surface area contributed by atoms with Crippen molar-refractivity contribution in [2.24, 2.45) is 0 Å². The molecule has 0 aromatic heterocycles. The van der Waals surface area contributed by atoms with Crippen molar-refractivity contribution in [1.82, 2.24) is 0 Å². The molecule has 1 atom stereocenters. The predicted octanol–water partition coefficient (Wildman–Crippen LogP) is 3.54. The summed E-state index contributed by atoms with van der Waals surface area (Å²) >= 11 is 0. The van der Waals surface area contributed by atoms with Gasteiger partial charge >= 0.3 is 5.97 Å². The molecule has 0 amide bonds. The van der Waals surface area contributed by atoms with Gasteiger partial charge in [-0.15, -0.1) is 0 Å². The van der Waals surface area contributed by atoms with Gasteiger partial charge in [-0.1, -0.05) is 30.3 Å². The van der Waals surface area contributed by atoms with Crippen LogP contribution in [0.2, 0.25) is 0 Å². The first-order valence-electron chi connectivity index (χ1n) is 6.83. The molecule has 4 heteroatoms. The second-order valence-electron chi connectivity index (χ2n) is 4.98. The van der Waals surface area contributed by atoms with Crippen LogP contribution in [0.25, 0.3) is 0 Å². The number of nitrogens with two attached hydrogens (primary N) is 1. The summed E-state index contributed by atoms with van der Waals surface area (Å²) in [5.41, 5.74) is 9.98. The normalized spacial score (nSPS) is 11.8. The molecule has 2 aromatic carbocycles. The molecule has 0 spiro atoms. The number of nitrogens with one attached hydrogen (secondary N) is 1. The zero-order chi connectivity index (χ0) is 15.4. The summed E-state index contributed by atoms with van der Waals surface area (Å²) < 4.78 is 4.73. The molecule has 110 valence electrons. The van der Waals surface area contributed by atoms with Crippen molar-refractivity contribution in [1.29, 1.82) is 0 Å². The standard InChI is InChI=1S/C17H20N2O2/c1-11-7-4-5-8-13(11)12(2)19-15-10-6-9-14(16(15)18)17(20)21-3/h4-10,12,19H,18H2,1-3H3. The minimum Gasteiger partial charge on any atom is -0.465 e. The summed E-state index contributed by atoms with van der Waals surface area (Å²) in [6, 6.07) is 13.6. The number of aryl methyl sites for hydroxylation is 1. The predicted molar refractivity (Wildman–Crippen MR) is 85.4 cm³/mol. The smallest absolute Gasteiger partial charge is 0.340 e. The highest BCUT2D eigenvalue weighted by atomic mass is 16.5. The van der Waals surface area contributed by atoms with Crippen molar-refractivity contribution in [3.63, 3.8) is 0 Å². The summed E-state index contributed by atoms with van der Waals surface area (Å²) in [5.74, 6) is -0.431. The summed E-state index contributed by atoms with van der Waals surface area (Å²) in [4.78, 5) is 11.7. The summed E-state index contributed by atoms with van der Waals surface area (Å²) in [7, 11) is 1.35. The number of hydrogen-bond acceptors (Lipinski definition) is 4. The Morgan fingerprint density at radius 2 is 1.90 bits per heavy atom. The van der Waals surface area contributed by atoms with Gasteiger partial charge in [0.05, 0.1) is 24.0 Å². The molecule has 0 aliphatic carbocycles. The molecule has 0 radical (unpaired) electrons. The van der Waals surface area contributed by atoms with Gasteiger partial charge in [-0.3, -0.25) is 0 Å². The number of anilines is 2. The van der Waals surface area contributed by atoms with Gasteiger partial charge in [0.2, 0.25) is 0 Å². The van der Waals surface area contributed by atoms with Crippen LogP contribution in [0.15, 0.2) is 42.5 Å². The first-order valence-corrected chi connectivity index (χ1v) is 6.83. The Bertz CT molecular complexity index is 653. The first-order chi connectivity index (χ1) is 10.0. The van der Waals surface area contributed by atoms with Gasteiger partial charge in [0.15, 0.2) is 0 Å². The van der Waals surface area contributed by atoms with Crippen LogP contribution in [0, 0.1) is 6.92 Å². The molecular weight excluding hydrogens is 264 g/mol. The number of hydrogen-bond donors (Lipinski definition) is 2. The van der Waals surface area contributed by atoms with E-state index in [2.05, 4.69) is 31.3 Å². The zero-order valence-electron chi connectivity index (χ0n) is 12.5. The third kappa shape index (κ3) is 3.16. The Morgan fingerprint density at radius 3 is 2.57 bits per heavy atom. The van der Waals surface area contributed by atoms with Crippen LogP contribution in [0.3, 0.4) is 0 Å². The van der Waals surface area contributed by atoms with E-state index in [4.69, 9.17) is 10.5 Å². The largest absolute Gasteiger partial charge is 0.465 e. The minimum absolute atomic E-state index is 0.0846. The van der Waals surface area contributed by atoms with Crippen molar-refractivity contribution >= 4 is 17.3 Å². The number of rotatable bonds is 4. The number of carbonyl (C=O) groups excluding carboxylic acids is 1. The molecule has 0 bridgehead atoms. The maximum Gasteiger partial charge on any atom is 0.340 e. The van der Waals surface area contributed by atoms with E-state index in [0.29, 0.717) is 11.3 Å². The Hall–Kier alpha value is -2.49. The van der Waals surface area contributed by atoms with E-state index in [9.17, 15) is 4.79 Å². The van der Waals surface area contributed by atoms with Crippen molar-refractivity contribution in [2.75, 3.05) is 18.2 Å². The lowest BCUT2D eigenvalue weighted by atomic mass is 10.0. The molecule has 0 heterocycles. The number of ether oxygens (including phenoxy) is 1. The second-order valence-corrected chi connectivity index (χ2v) is 4.98. The van der Waals surface area contributed by atoms with E-state index >= 15 is 0 Å². The quantitative estimate of drug-likeness (QED) is 0.666. The highest BCUT2D eigenvalue weighted by Crippen LogP contribution is 2.28. The van der Waals surface area contributed by atoms with Crippen molar-refractivity contribution in [3.8, 4) is 0 Å². The zero-order valence-corrected chi connectivity index (χ0v) is 12.5. The van der Waals surface area contributed by atoms with Gasteiger partial charge in [0, 0.05) is 6.04 Å². The summed E-state index contributed by atoms with van der Waals surface area (Å²) in [5, 5.41) is 3.35. The van der Waals surface area contributed by atoms with Gasteiger partial charge < -0.3 is 15.8 Å². The van der Waals surface area contributed by atoms with Gasteiger partial charge in [0.1, 0.15) is 0 Å². The van der Waals surface area contributed by atoms with Crippen LogP contribution in [-0.2, 0) is 4.74 Å². The van der Waals surface area contributed by atoms with Gasteiger partial charge in [-0.2, -0.15) is 0 Å². The van der Waals surface area contributed by atoms with Gasteiger partial charge in [-0.25, -0.2) is 4.79 Å². The van der Waals surface area contributed by atoms with Crippen LogP contribution < -0.4 is 11.1 Å². The van der Waals surface area contributed by atoms with E-state index in [1.165, 1.54) is 18.2 Å². The topological polar surface area (TPSA) is 64.3 Å². The summed E-state index contributed by atoms with van der Waals surface area (Å²) in [6.07, 6.45) is 0. The van der Waals surface area contributed by atoms with Crippen LogP contribution in [0.5, 0.6) is 0 Å². The van der Waals surface area contributed by atoms with E-state index in [1.807, 2.05) is 18.2 Å². The third-order valence-corrected chi connectivity index (χ3v) is 3.54. The fourth-order valence-electron chi connectivity index (χ4n) is 2.36. The lowest BCUT2D eigenvalue weighted by molar-refractivity contribution is 0.0602. The number of esters is 1. The van der Waals surface area contributed by atoms with Gasteiger partial charge in [0.25, 0.3) is 0 Å². The summed E-state index contributed by atoms with van der Waals surface area (Å²) in [6.45, 7) is 4.13. The van der Waals surface area contributed by atoms with Crippen molar-refractivity contribution in [3.05, 3.63) is 59.2 Å². The molecule has 4 nitrogen and oxygen atoms in total. The molecule has 21 heavy (non-hydrogen) atoms. The number of para-hydroxylation sites is 1. The molecule has 3 N–H and O–H groups in total. The third-order valence-electron chi connectivity index (χ3n) is 3.54. The Morgan fingerprint density at radius 1 is 1.19 bits per heavy atom. The van der Waals surface area contributed by atoms with E-state index in [-0.39, 0.29) is 6.04 Å².